The van der Waals surface area contributed by atoms with E-state index in [4.69, 9.17) is 9.72 Å². The van der Waals surface area contributed by atoms with E-state index in [0.717, 1.165) is 60.1 Å². The normalized spacial score (nSPS) is 16.5. The summed E-state index contributed by atoms with van der Waals surface area (Å²) in [4.78, 5) is 10.7. The Morgan fingerprint density at radius 3 is 2.57 bits per heavy atom. The van der Waals surface area contributed by atoms with Crippen molar-refractivity contribution >= 4 is 10.2 Å². The molecule has 0 saturated carbocycles. The van der Waals surface area contributed by atoms with Crippen molar-refractivity contribution in [1.82, 2.24) is 23.9 Å². The molecule has 1 atom stereocenters. The van der Waals surface area contributed by atoms with Gasteiger partial charge in [0, 0.05) is 49.4 Å². The molecule has 0 amide bonds. The molecule has 37 heavy (non-hydrogen) atoms. The Hall–Kier alpha value is -2.72. The van der Waals surface area contributed by atoms with Gasteiger partial charge in [0.25, 0.3) is 10.2 Å². The number of imidazole rings is 1. The molecule has 1 aliphatic rings. The first kappa shape index (κ1) is 27.3. The van der Waals surface area contributed by atoms with Crippen LogP contribution in [-0.4, -0.2) is 74.0 Å². The molecular weight excluding hydrogens is 486 g/mol. The molecular formula is C28H39N5O3S. The van der Waals surface area contributed by atoms with Crippen LogP contribution < -0.4 is 9.46 Å². The summed E-state index contributed by atoms with van der Waals surface area (Å²) in [5.74, 6) is 1.53. The lowest BCUT2D eigenvalue weighted by Gasteiger charge is -2.24. The summed E-state index contributed by atoms with van der Waals surface area (Å²) >= 11 is 0. The third kappa shape index (κ3) is 6.98. The van der Waals surface area contributed by atoms with Crippen LogP contribution in [0.3, 0.4) is 0 Å². The van der Waals surface area contributed by atoms with Gasteiger partial charge in [-0.05, 0) is 50.2 Å². The fraction of sp³-hybridized carbons (Fsp3) is 0.464. The van der Waals surface area contributed by atoms with Gasteiger partial charge < -0.3 is 14.6 Å². The Kier molecular flexibility index (Phi) is 9.37. The fourth-order valence-corrected chi connectivity index (χ4v) is 5.94. The van der Waals surface area contributed by atoms with Crippen LogP contribution in [-0.2, 0) is 16.6 Å². The zero-order valence-corrected chi connectivity index (χ0v) is 22.9. The molecule has 3 aromatic rings. The summed E-state index contributed by atoms with van der Waals surface area (Å²) in [5.41, 5.74) is 3.63. The molecule has 2 aromatic carbocycles. The van der Waals surface area contributed by atoms with Gasteiger partial charge in [-0.15, -0.1) is 0 Å². The van der Waals surface area contributed by atoms with Crippen LogP contribution in [0.25, 0.3) is 22.6 Å². The predicted octanol–water partition coefficient (Wildman–Crippen LogP) is 4.33. The number of likely N-dealkylation sites (tertiary alicyclic amines) is 1. The molecule has 0 aliphatic carbocycles. The highest BCUT2D eigenvalue weighted by Crippen LogP contribution is 2.28. The SMILES string of the molecule is CCCCCN1CCC(N(C)S(=O)(=O)NCCc2[nH]c(-c3ccccc3)nc2-c2ccc(OC)cc2)C1. The topological polar surface area (TPSA) is 90.6 Å². The average Bonchev–Trinajstić information content (AvgIpc) is 3.56. The molecule has 1 fully saturated rings. The van der Waals surface area contributed by atoms with Crippen molar-refractivity contribution in [2.24, 2.45) is 0 Å². The number of nitrogens with zero attached hydrogens (tertiary/aromatic N) is 3. The second kappa shape index (κ2) is 12.7. The number of H-pyrrole nitrogens is 1. The number of aromatic nitrogens is 2. The van der Waals surface area contributed by atoms with Crippen LogP contribution >= 0.6 is 0 Å². The molecule has 1 aromatic heterocycles. The lowest BCUT2D eigenvalue weighted by molar-refractivity contribution is 0.297. The Labute approximate surface area is 221 Å². The summed E-state index contributed by atoms with van der Waals surface area (Å²) in [6.07, 6.45) is 4.94. The van der Waals surface area contributed by atoms with Crippen molar-refractivity contribution in [3.05, 3.63) is 60.3 Å². The van der Waals surface area contributed by atoms with E-state index in [2.05, 4.69) is 21.5 Å². The third-order valence-electron chi connectivity index (χ3n) is 7.07. The predicted molar refractivity (Wildman–Crippen MR) is 149 cm³/mol. The summed E-state index contributed by atoms with van der Waals surface area (Å²) in [7, 11) is -0.259. The minimum atomic E-state index is -3.59. The number of rotatable bonds is 13. The zero-order chi connectivity index (χ0) is 26.3. The van der Waals surface area contributed by atoms with Crippen LogP contribution in [0.4, 0.5) is 0 Å². The van der Waals surface area contributed by atoms with E-state index in [1.807, 2.05) is 54.6 Å². The Morgan fingerprint density at radius 1 is 1.11 bits per heavy atom. The maximum absolute atomic E-state index is 13.1. The van der Waals surface area contributed by atoms with Gasteiger partial charge in [-0.2, -0.15) is 12.7 Å². The Bertz CT molecular complexity index is 1230. The minimum absolute atomic E-state index is 0.00539. The Balaban J connectivity index is 1.43. The summed E-state index contributed by atoms with van der Waals surface area (Å²) in [5, 5.41) is 0. The first-order chi connectivity index (χ1) is 17.9. The van der Waals surface area contributed by atoms with Gasteiger partial charge in [-0.1, -0.05) is 50.1 Å². The number of nitrogens with one attached hydrogen (secondary N) is 2. The highest BCUT2D eigenvalue weighted by atomic mass is 32.2. The first-order valence-electron chi connectivity index (χ1n) is 13.1. The van der Waals surface area contributed by atoms with Crippen LogP contribution in [0.1, 0.15) is 38.3 Å². The second-order valence-corrected chi connectivity index (χ2v) is 11.4. The lowest BCUT2D eigenvalue weighted by atomic mass is 10.1. The van der Waals surface area contributed by atoms with Crippen LogP contribution in [0.15, 0.2) is 54.6 Å². The van der Waals surface area contributed by atoms with E-state index in [1.165, 1.54) is 23.6 Å². The number of aromatic amines is 1. The maximum atomic E-state index is 13.1. The fourth-order valence-electron chi connectivity index (χ4n) is 4.81. The number of likely N-dealkylation sites (N-methyl/N-ethyl adjacent to an activating group) is 1. The molecule has 8 nitrogen and oxygen atoms in total. The van der Waals surface area contributed by atoms with Crippen molar-refractivity contribution < 1.29 is 13.2 Å². The molecule has 1 unspecified atom stereocenters. The maximum Gasteiger partial charge on any atom is 0.279 e. The van der Waals surface area contributed by atoms with Crippen LogP contribution in [0.5, 0.6) is 5.75 Å². The van der Waals surface area contributed by atoms with Crippen molar-refractivity contribution in [3.63, 3.8) is 0 Å². The molecule has 0 radical (unpaired) electrons. The first-order valence-corrected chi connectivity index (χ1v) is 14.6. The van der Waals surface area contributed by atoms with Crippen molar-refractivity contribution in [1.29, 1.82) is 0 Å². The van der Waals surface area contributed by atoms with E-state index in [0.29, 0.717) is 6.42 Å². The minimum Gasteiger partial charge on any atom is -0.497 e. The molecule has 0 bridgehead atoms. The summed E-state index contributed by atoms with van der Waals surface area (Å²) < 4.78 is 35.8. The lowest BCUT2D eigenvalue weighted by Crippen LogP contribution is -2.45. The monoisotopic (exact) mass is 525 g/mol. The van der Waals surface area contributed by atoms with Gasteiger partial charge in [-0.3, -0.25) is 0 Å². The van der Waals surface area contributed by atoms with Crippen molar-refractivity contribution in [2.75, 3.05) is 40.3 Å². The molecule has 200 valence electrons. The standard InChI is InChI=1S/C28H39N5O3S/c1-4-5-9-19-33-20-17-24(21-33)32(2)37(34,35)29-18-16-26-27(22-12-14-25(36-3)15-13-22)31-28(30-26)23-10-7-6-8-11-23/h6-8,10-15,24,29H,4-5,9,16-21H2,1-3H3,(H,30,31). The molecule has 4 rings (SSSR count). The number of unbranched alkanes of at least 4 members (excludes halogenated alkanes) is 2. The number of ether oxygens (including phenoxy) is 1. The summed E-state index contributed by atoms with van der Waals surface area (Å²) in [6, 6.07) is 17.7. The molecule has 1 aliphatic heterocycles. The molecule has 1 saturated heterocycles. The van der Waals surface area contributed by atoms with E-state index < -0.39 is 10.2 Å². The van der Waals surface area contributed by atoms with Gasteiger partial charge in [0.2, 0.25) is 0 Å². The number of methoxy groups -OCH3 is 1. The zero-order valence-electron chi connectivity index (χ0n) is 22.1. The molecule has 0 spiro atoms. The third-order valence-corrected chi connectivity index (χ3v) is 8.69. The van der Waals surface area contributed by atoms with Gasteiger partial charge in [0.15, 0.2) is 0 Å². The van der Waals surface area contributed by atoms with Crippen LogP contribution in [0, 0.1) is 0 Å². The summed E-state index contributed by atoms with van der Waals surface area (Å²) in [6.45, 7) is 5.27. The number of hydrogen-bond acceptors (Lipinski definition) is 5. The highest BCUT2D eigenvalue weighted by molar-refractivity contribution is 7.87. The Morgan fingerprint density at radius 2 is 1.86 bits per heavy atom. The average molecular weight is 526 g/mol. The molecule has 9 heteroatoms. The van der Waals surface area contributed by atoms with Gasteiger partial charge in [-0.25, -0.2) is 9.71 Å². The number of benzene rings is 2. The number of hydrogen-bond donors (Lipinski definition) is 2. The molecule has 2 heterocycles. The van der Waals surface area contributed by atoms with Crippen LogP contribution in [0.2, 0.25) is 0 Å². The largest absolute Gasteiger partial charge is 0.497 e. The van der Waals surface area contributed by atoms with Gasteiger partial charge >= 0.3 is 0 Å². The van der Waals surface area contributed by atoms with Crippen molar-refractivity contribution in [2.45, 2.75) is 45.1 Å². The van der Waals surface area contributed by atoms with E-state index in [9.17, 15) is 8.42 Å². The van der Waals surface area contributed by atoms with E-state index in [-0.39, 0.29) is 12.6 Å². The molecule has 2 N–H and O–H groups in total. The van der Waals surface area contributed by atoms with Gasteiger partial charge in [0.05, 0.1) is 12.8 Å². The smallest absolute Gasteiger partial charge is 0.279 e. The highest BCUT2D eigenvalue weighted by Gasteiger charge is 2.31. The van der Waals surface area contributed by atoms with E-state index >= 15 is 0 Å². The quantitative estimate of drug-likeness (QED) is 0.324. The van der Waals surface area contributed by atoms with Gasteiger partial charge in [0.1, 0.15) is 11.6 Å². The van der Waals surface area contributed by atoms with Crippen molar-refractivity contribution in [3.8, 4) is 28.4 Å². The van der Waals surface area contributed by atoms with E-state index in [1.54, 1.807) is 14.2 Å². The second-order valence-electron chi connectivity index (χ2n) is 9.62.